The van der Waals surface area contributed by atoms with Crippen molar-refractivity contribution in [2.75, 3.05) is 25.0 Å². The van der Waals surface area contributed by atoms with Crippen molar-refractivity contribution in [3.63, 3.8) is 0 Å². The van der Waals surface area contributed by atoms with Gasteiger partial charge in [-0.05, 0) is 38.3 Å². The molecule has 0 aliphatic rings. The first-order valence-corrected chi connectivity index (χ1v) is 7.42. The molecule has 1 aromatic heterocycles. The molecule has 3 nitrogen and oxygen atoms in total. The first-order valence-electron chi connectivity index (χ1n) is 7.42. The lowest BCUT2D eigenvalue weighted by molar-refractivity contribution is 0.583. The zero-order chi connectivity index (χ0) is 14.3. The van der Waals surface area contributed by atoms with E-state index in [-0.39, 0.29) is 0 Å². The third-order valence-electron chi connectivity index (χ3n) is 3.29. The van der Waals surface area contributed by atoms with Crippen molar-refractivity contribution in [2.45, 2.75) is 47.1 Å². The first-order chi connectivity index (χ1) is 9.04. The van der Waals surface area contributed by atoms with Gasteiger partial charge in [0.15, 0.2) is 0 Å². The molecule has 1 N–H and O–H groups in total. The lowest BCUT2D eigenvalue weighted by Crippen LogP contribution is -2.23. The fraction of sp³-hybridized carbons (Fsp3) is 0.688. The zero-order valence-corrected chi connectivity index (χ0v) is 13.2. The van der Waals surface area contributed by atoms with E-state index in [1.54, 1.807) is 0 Å². The van der Waals surface area contributed by atoms with Crippen LogP contribution in [-0.4, -0.2) is 25.1 Å². The molecule has 0 bridgehead atoms. The maximum absolute atomic E-state index is 4.43. The van der Waals surface area contributed by atoms with Gasteiger partial charge in [-0.3, -0.25) is 4.98 Å². The highest BCUT2D eigenvalue weighted by molar-refractivity contribution is 5.53. The highest BCUT2D eigenvalue weighted by atomic mass is 15.1. The number of hydrogen-bond acceptors (Lipinski definition) is 3. The van der Waals surface area contributed by atoms with E-state index in [4.69, 9.17) is 0 Å². The number of nitrogens with zero attached hydrogens (tertiary/aromatic N) is 2. The van der Waals surface area contributed by atoms with Crippen molar-refractivity contribution in [1.82, 2.24) is 10.3 Å². The number of pyridine rings is 1. The van der Waals surface area contributed by atoms with Gasteiger partial charge in [-0.15, -0.1) is 0 Å². The van der Waals surface area contributed by atoms with Gasteiger partial charge in [0.2, 0.25) is 0 Å². The number of nitrogens with one attached hydrogen (secondary N) is 1. The molecule has 3 heteroatoms. The molecule has 0 atom stereocenters. The molecule has 1 heterocycles. The van der Waals surface area contributed by atoms with Gasteiger partial charge in [-0.1, -0.05) is 20.8 Å². The fourth-order valence-corrected chi connectivity index (χ4v) is 2.04. The summed E-state index contributed by atoms with van der Waals surface area (Å²) in [6.45, 7) is 11.9. The Kier molecular flexibility index (Phi) is 6.85. The van der Waals surface area contributed by atoms with Crippen molar-refractivity contribution in [3.05, 3.63) is 23.5 Å². The van der Waals surface area contributed by atoms with E-state index >= 15 is 0 Å². The van der Waals surface area contributed by atoms with Crippen LogP contribution in [-0.2, 0) is 6.54 Å². The molecule has 0 fully saturated rings. The third-order valence-corrected chi connectivity index (χ3v) is 3.29. The average molecular weight is 263 g/mol. The van der Waals surface area contributed by atoms with Crippen molar-refractivity contribution in [1.29, 1.82) is 0 Å². The zero-order valence-electron chi connectivity index (χ0n) is 13.2. The highest BCUT2D eigenvalue weighted by Crippen LogP contribution is 2.20. The van der Waals surface area contributed by atoms with Crippen molar-refractivity contribution < 1.29 is 0 Å². The molecule has 0 aliphatic heterocycles. The number of anilines is 1. The molecule has 0 aromatic carbocycles. The SMILES string of the molecule is CCCNCc1cnc(C)cc1N(C)CCC(C)C. The van der Waals surface area contributed by atoms with Crippen LogP contribution < -0.4 is 10.2 Å². The van der Waals surface area contributed by atoms with Gasteiger partial charge in [0.25, 0.3) is 0 Å². The summed E-state index contributed by atoms with van der Waals surface area (Å²) in [5, 5.41) is 3.46. The van der Waals surface area contributed by atoms with Gasteiger partial charge in [0.05, 0.1) is 0 Å². The normalized spacial score (nSPS) is 11.1. The summed E-state index contributed by atoms with van der Waals surface area (Å²) in [6.07, 6.45) is 4.40. The minimum absolute atomic E-state index is 0.743. The minimum Gasteiger partial charge on any atom is -0.374 e. The second-order valence-corrected chi connectivity index (χ2v) is 5.74. The van der Waals surface area contributed by atoms with E-state index in [0.29, 0.717) is 0 Å². The summed E-state index contributed by atoms with van der Waals surface area (Å²) in [4.78, 5) is 6.79. The Bertz CT molecular complexity index is 374. The molecule has 0 amide bonds. The highest BCUT2D eigenvalue weighted by Gasteiger charge is 2.09. The predicted octanol–water partition coefficient (Wildman–Crippen LogP) is 3.37. The van der Waals surface area contributed by atoms with Gasteiger partial charge in [-0.25, -0.2) is 0 Å². The molecule has 19 heavy (non-hydrogen) atoms. The summed E-state index contributed by atoms with van der Waals surface area (Å²) in [5.41, 5.74) is 3.70. The Labute approximate surface area is 118 Å². The van der Waals surface area contributed by atoms with Crippen LogP contribution in [0.4, 0.5) is 5.69 Å². The quantitative estimate of drug-likeness (QED) is 0.729. The smallest absolute Gasteiger partial charge is 0.0442 e. The predicted molar refractivity (Wildman–Crippen MR) is 83.7 cm³/mol. The van der Waals surface area contributed by atoms with E-state index in [2.05, 4.69) is 56.0 Å². The molecule has 0 unspecified atom stereocenters. The third kappa shape index (κ3) is 5.60. The van der Waals surface area contributed by atoms with E-state index in [0.717, 1.165) is 37.7 Å². The summed E-state index contributed by atoms with van der Waals surface area (Å²) in [7, 11) is 2.18. The van der Waals surface area contributed by atoms with Crippen LogP contribution in [0.2, 0.25) is 0 Å². The minimum atomic E-state index is 0.743. The number of aryl methyl sites for hydroxylation is 1. The standard InChI is InChI=1S/C16H29N3/c1-6-8-17-11-15-12-18-14(4)10-16(15)19(5)9-7-13(2)3/h10,12-13,17H,6-9,11H2,1-5H3. The van der Waals surface area contributed by atoms with Gasteiger partial charge < -0.3 is 10.2 Å². The molecule has 0 spiro atoms. The maximum Gasteiger partial charge on any atom is 0.0442 e. The van der Waals surface area contributed by atoms with Crippen LogP contribution in [0.15, 0.2) is 12.3 Å². The summed E-state index contributed by atoms with van der Waals surface area (Å²) in [6, 6.07) is 2.20. The van der Waals surface area contributed by atoms with Gasteiger partial charge in [0.1, 0.15) is 0 Å². The first kappa shape index (κ1) is 16.0. The Balaban J connectivity index is 2.74. The van der Waals surface area contributed by atoms with E-state index in [9.17, 15) is 0 Å². The Morgan fingerprint density at radius 2 is 2.11 bits per heavy atom. The molecular formula is C16H29N3. The lowest BCUT2D eigenvalue weighted by Gasteiger charge is -2.23. The van der Waals surface area contributed by atoms with Crippen LogP contribution in [0.5, 0.6) is 0 Å². The Morgan fingerprint density at radius 3 is 2.74 bits per heavy atom. The fourth-order valence-electron chi connectivity index (χ4n) is 2.04. The molecule has 1 aromatic rings. The molecule has 0 saturated carbocycles. The summed E-state index contributed by atoms with van der Waals surface area (Å²) >= 11 is 0. The van der Waals surface area contributed by atoms with E-state index in [1.165, 1.54) is 17.7 Å². The topological polar surface area (TPSA) is 28.2 Å². The van der Waals surface area contributed by atoms with E-state index in [1.807, 2.05) is 6.20 Å². The molecule has 0 saturated heterocycles. The largest absolute Gasteiger partial charge is 0.374 e. The monoisotopic (exact) mass is 263 g/mol. The van der Waals surface area contributed by atoms with Crippen LogP contribution in [0.25, 0.3) is 0 Å². The van der Waals surface area contributed by atoms with E-state index < -0.39 is 0 Å². The molecule has 108 valence electrons. The van der Waals surface area contributed by atoms with Gasteiger partial charge in [0, 0.05) is 43.3 Å². The van der Waals surface area contributed by atoms with Crippen LogP contribution in [0.3, 0.4) is 0 Å². The van der Waals surface area contributed by atoms with Crippen LogP contribution in [0.1, 0.15) is 44.9 Å². The maximum atomic E-state index is 4.43. The Morgan fingerprint density at radius 1 is 1.37 bits per heavy atom. The molecular weight excluding hydrogens is 234 g/mol. The van der Waals surface area contributed by atoms with Crippen molar-refractivity contribution in [3.8, 4) is 0 Å². The number of aromatic nitrogens is 1. The average Bonchev–Trinajstić information content (AvgIpc) is 2.37. The number of rotatable bonds is 8. The Hall–Kier alpha value is -1.09. The molecule has 1 rings (SSSR count). The van der Waals surface area contributed by atoms with Gasteiger partial charge >= 0.3 is 0 Å². The summed E-state index contributed by atoms with van der Waals surface area (Å²) in [5.74, 6) is 0.743. The van der Waals surface area contributed by atoms with Crippen molar-refractivity contribution in [2.24, 2.45) is 5.92 Å². The molecule has 0 aliphatic carbocycles. The van der Waals surface area contributed by atoms with Gasteiger partial charge in [-0.2, -0.15) is 0 Å². The van der Waals surface area contributed by atoms with Crippen LogP contribution >= 0.6 is 0 Å². The van der Waals surface area contributed by atoms with Crippen LogP contribution in [0, 0.1) is 12.8 Å². The molecule has 0 radical (unpaired) electrons. The second kappa shape index (κ2) is 8.16. The summed E-state index contributed by atoms with van der Waals surface area (Å²) < 4.78 is 0. The lowest BCUT2D eigenvalue weighted by atomic mass is 10.1. The van der Waals surface area contributed by atoms with Crippen molar-refractivity contribution >= 4 is 5.69 Å². The number of hydrogen-bond donors (Lipinski definition) is 1. The second-order valence-electron chi connectivity index (χ2n) is 5.74.